The van der Waals surface area contributed by atoms with Gasteiger partial charge in [0, 0.05) is 42.3 Å². The number of carboxylic acids is 1. The van der Waals surface area contributed by atoms with Crippen molar-refractivity contribution in [1.82, 2.24) is 5.32 Å². The van der Waals surface area contributed by atoms with Crippen molar-refractivity contribution in [3.05, 3.63) is 112 Å². The molecular weight excluding hydrogens is 470 g/mol. The van der Waals surface area contributed by atoms with E-state index >= 15 is 0 Å². The van der Waals surface area contributed by atoms with Crippen LogP contribution in [0.1, 0.15) is 72.0 Å². The van der Waals surface area contributed by atoms with Crippen molar-refractivity contribution < 1.29 is 9.90 Å². The Kier molecular flexibility index (Phi) is 7.45. The van der Waals surface area contributed by atoms with Gasteiger partial charge in [-0.25, -0.2) is 4.79 Å². The van der Waals surface area contributed by atoms with Crippen LogP contribution in [0.4, 0.5) is 5.69 Å². The van der Waals surface area contributed by atoms with Crippen molar-refractivity contribution in [2.24, 2.45) is 0 Å². The maximum atomic E-state index is 11.0. The standard InChI is InChI=1S/C33H35N3O2/c1-3-35-21-29(20-34)27-13-16-31-28(19-27)18-22(2)36(30-14-11-25(12-15-30)24-9-10-24)33(31)26-7-4-23(5-8-26)6-17-32(37)38/h4-8,11-17,19-22,24,33-35H,3,9-10,18H2,1-2H3,(H,37,38)/b17-6+,29-21+,34-20?. The van der Waals surface area contributed by atoms with Gasteiger partial charge in [-0.05, 0) is 90.6 Å². The Hall–Kier alpha value is -4.12. The highest BCUT2D eigenvalue weighted by molar-refractivity contribution is 6.08. The number of anilines is 1. The zero-order valence-electron chi connectivity index (χ0n) is 22.0. The summed E-state index contributed by atoms with van der Waals surface area (Å²) in [4.78, 5) is 13.5. The third kappa shape index (κ3) is 5.42. The molecule has 1 saturated carbocycles. The molecule has 0 amide bonds. The van der Waals surface area contributed by atoms with Crippen molar-refractivity contribution in [2.75, 3.05) is 11.4 Å². The predicted molar refractivity (Wildman–Crippen MR) is 156 cm³/mol. The first-order valence-electron chi connectivity index (χ1n) is 13.4. The monoisotopic (exact) mass is 505 g/mol. The molecule has 3 aromatic carbocycles. The Morgan fingerprint density at radius 1 is 1.05 bits per heavy atom. The van der Waals surface area contributed by atoms with Gasteiger partial charge in [-0.2, -0.15) is 0 Å². The molecule has 5 rings (SSSR count). The second-order valence-corrected chi connectivity index (χ2v) is 10.3. The normalized spacial score (nSPS) is 19.3. The molecule has 1 aliphatic carbocycles. The van der Waals surface area contributed by atoms with Gasteiger partial charge in [0.05, 0.1) is 6.04 Å². The number of allylic oxidation sites excluding steroid dienone is 1. The lowest BCUT2D eigenvalue weighted by Crippen LogP contribution is -2.43. The highest BCUT2D eigenvalue weighted by Gasteiger charge is 2.34. The molecule has 2 unspecified atom stereocenters. The number of aliphatic carboxylic acids is 1. The van der Waals surface area contributed by atoms with Crippen LogP contribution in [0.25, 0.3) is 11.6 Å². The maximum Gasteiger partial charge on any atom is 0.328 e. The van der Waals surface area contributed by atoms with Crippen LogP contribution in [0.5, 0.6) is 0 Å². The van der Waals surface area contributed by atoms with Gasteiger partial charge in [0.1, 0.15) is 0 Å². The number of hydrogen-bond donors (Lipinski definition) is 3. The van der Waals surface area contributed by atoms with Crippen molar-refractivity contribution in [3.8, 4) is 0 Å². The third-order valence-corrected chi connectivity index (χ3v) is 7.57. The summed E-state index contributed by atoms with van der Waals surface area (Å²) in [6.45, 7) is 5.15. The summed E-state index contributed by atoms with van der Waals surface area (Å²) in [5.74, 6) is -0.226. The van der Waals surface area contributed by atoms with Crippen molar-refractivity contribution in [1.29, 1.82) is 5.41 Å². The van der Waals surface area contributed by atoms with E-state index in [1.807, 2.05) is 25.3 Å². The fraction of sp³-hybridized carbons (Fsp3) is 0.273. The summed E-state index contributed by atoms with van der Waals surface area (Å²) in [7, 11) is 0. The van der Waals surface area contributed by atoms with Crippen molar-refractivity contribution >= 4 is 29.5 Å². The largest absolute Gasteiger partial charge is 0.478 e. The highest BCUT2D eigenvalue weighted by Crippen LogP contribution is 2.44. The second kappa shape index (κ2) is 11.1. The number of benzene rings is 3. The molecule has 38 heavy (non-hydrogen) atoms. The molecule has 3 aromatic rings. The fourth-order valence-corrected chi connectivity index (χ4v) is 5.51. The van der Waals surface area contributed by atoms with Gasteiger partial charge < -0.3 is 20.7 Å². The van der Waals surface area contributed by atoms with Crippen molar-refractivity contribution in [3.63, 3.8) is 0 Å². The fourth-order valence-electron chi connectivity index (χ4n) is 5.51. The van der Waals surface area contributed by atoms with E-state index < -0.39 is 5.97 Å². The number of nitrogens with one attached hydrogen (secondary N) is 2. The lowest BCUT2D eigenvalue weighted by atomic mass is 9.83. The van der Waals surface area contributed by atoms with Gasteiger partial charge in [0.25, 0.3) is 0 Å². The van der Waals surface area contributed by atoms with E-state index in [1.165, 1.54) is 53.1 Å². The number of carbonyl (C=O) groups is 1. The zero-order chi connectivity index (χ0) is 26.6. The van der Waals surface area contributed by atoms with Crippen LogP contribution in [-0.4, -0.2) is 29.9 Å². The third-order valence-electron chi connectivity index (χ3n) is 7.57. The zero-order valence-corrected chi connectivity index (χ0v) is 22.0. The first kappa shape index (κ1) is 25.5. The number of hydrogen-bond acceptors (Lipinski definition) is 4. The molecule has 0 saturated heterocycles. The average Bonchev–Trinajstić information content (AvgIpc) is 3.78. The molecule has 1 heterocycles. The molecule has 194 valence electrons. The topological polar surface area (TPSA) is 76.4 Å². The summed E-state index contributed by atoms with van der Waals surface area (Å²) in [5.41, 5.74) is 9.14. The van der Waals surface area contributed by atoms with Gasteiger partial charge >= 0.3 is 5.97 Å². The molecule has 5 nitrogen and oxygen atoms in total. The summed E-state index contributed by atoms with van der Waals surface area (Å²) in [6, 6.07) is 24.2. The van der Waals surface area contributed by atoms with Crippen LogP contribution in [0, 0.1) is 5.41 Å². The van der Waals surface area contributed by atoms with Crippen LogP contribution in [0.3, 0.4) is 0 Å². The molecule has 2 aliphatic rings. The lowest BCUT2D eigenvalue weighted by Gasteiger charge is -2.44. The van der Waals surface area contributed by atoms with E-state index in [-0.39, 0.29) is 12.1 Å². The molecule has 1 fully saturated rings. The number of rotatable bonds is 9. The number of fused-ring (bicyclic) bond motifs is 1. The molecule has 3 N–H and O–H groups in total. The van der Waals surface area contributed by atoms with Crippen molar-refractivity contribution in [2.45, 2.75) is 51.1 Å². The minimum atomic E-state index is -0.951. The first-order valence-corrected chi connectivity index (χ1v) is 13.4. The van der Waals surface area contributed by atoms with Crippen LogP contribution in [-0.2, 0) is 11.2 Å². The van der Waals surface area contributed by atoms with Gasteiger partial charge in [0.2, 0.25) is 0 Å². The van der Waals surface area contributed by atoms with Crippen LogP contribution < -0.4 is 10.2 Å². The number of carboxylic acid groups (broad SMARTS) is 1. The molecule has 2 atom stereocenters. The Morgan fingerprint density at radius 2 is 1.76 bits per heavy atom. The minimum Gasteiger partial charge on any atom is -0.478 e. The first-order chi connectivity index (χ1) is 18.5. The maximum absolute atomic E-state index is 11.0. The van der Waals surface area contributed by atoms with E-state index in [2.05, 4.69) is 71.7 Å². The van der Waals surface area contributed by atoms with E-state index in [0.717, 1.165) is 35.6 Å². The van der Waals surface area contributed by atoms with Gasteiger partial charge in [-0.3, -0.25) is 0 Å². The molecule has 0 spiro atoms. The average molecular weight is 506 g/mol. The van der Waals surface area contributed by atoms with E-state index in [4.69, 9.17) is 10.5 Å². The summed E-state index contributed by atoms with van der Waals surface area (Å²) in [5, 5.41) is 20.1. The summed E-state index contributed by atoms with van der Waals surface area (Å²) < 4.78 is 0. The smallest absolute Gasteiger partial charge is 0.328 e. The SMILES string of the molecule is CCN/C=C(\C=N)c1ccc2c(c1)CC(C)N(c1ccc(C3CC3)cc1)C2c1ccc(/C=C/C(=O)O)cc1. The molecule has 0 radical (unpaired) electrons. The lowest BCUT2D eigenvalue weighted by molar-refractivity contribution is -0.131. The predicted octanol–water partition coefficient (Wildman–Crippen LogP) is 6.80. The van der Waals surface area contributed by atoms with E-state index in [0.29, 0.717) is 0 Å². The Balaban J connectivity index is 1.57. The van der Waals surface area contributed by atoms with Crippen LogP contribution in [0.15, 0.2) is 79.0 Å². The van der Waals surface area contributed by atoms with Gasteiger partial charge in [-0.1, -0.05) is 54.6 Å². The van der Waals surface area contributed by atoms with Crippen LogP contribution >= 0.6 is 0 Å². The molecular formula is C33H35N3O2. The Bertz CT molecular complexity index is 1370. The van der Waals surface area contributed by atoms with Crippen LogP contribution in [0.2, 0.25) is 0 Å². The molecule has 5 heteroatoms. The van der Waals surface area contributed by atoms with Gasteiger partial charge in [0.15, 0.2) is 0 Å². The van der Waals surface area contributed by atoms with E-state index in [9.17, 15) is 4.79 Å². The quantitative estimate of drug-likeness (QED) is 0.221. The summed E-state index contributed by atoms with van der Waals surface area (Å²) in [6.07, 6.45) is 9.61. The van der Waals surface area contributed by atoms with Gasteiger partial charge in [-0.15, -0.1) is 0 Å². The highest BCUT2D eigenvalue weighted by atomic mass is 16.4. The number of nitrogens with zero attached hydrogens (tertiary/aromatic N) is 1. The molecule has 1 aliphatic heterocycles. The van der Waals surface area contributed by atoms with E-state index in [1.54, 1.807) is 6.08 Å². The summed E-state index contributed by atoms with van der Waals surface area (Å²) >= 11 is 0. The minimum absolute atomic E-state index is 0.0215. The Labute approximate surface area is 225 Å². The second-order valence-electron chi connectivity index (χ2n) is 10.3. The molecule has 0 bridgehead atoms. The molecule has 0 aromatic heterocycles. The Morgan fingerprint density at radius 3 is 2.39 bits per heavy atom.